The molecule has 13 nitrogen and oxygen atoms in total. The average Bonchev–Trinajstić information content (AvgIpc) is 4.08. The van der Waals surface area contributed by atoms with Crippen LogP contribution in [0.2, 0.25) is 0 Å². The van der Waals surface area contributed by atoms with E-state index in [1.54, 1.807) is 42.4 Å². The van der Waals surface area contributed by atoms with Crippen molar-refractivity contribution in [3.8, 4) is 34.4 Å². The second kappa shape index (κ2) is 14.6. The highest BCUT2D eigenvalue weighted by Crippen LogP contribution is 2.38. The molecule has 9 rings (SSSR count). The fraction of sp³-hybridized carbons (Fsp3) is 0.186. The van der Waals surface area contributed by atoms with Crippen LogP contribution in [0.4, 0.5) is 5.82 Å². The lowest BCUT2D eigenvalue weighted by molar-refractivity contribution is -0.0266. The van der Waals surface area contributed by atoms with Gasteiger partial charge >= 0.3 is 0 Å². The maximum atomic E-state index is 13.8. The zero-order chi connectivity index (χ0) is 38.2. The number of nitrogen functional groups attached to an aromatic ring is 1. The van der Waals surface area contributed by atoms with Gasteiger partial charge < -0.3 is 30.0 Å². The maximum Gasteiger partial charge on any atom is 0.269 e. The number of nitrogens with two attached hydrogens (primary N) is 1. The summed E-state index contributed by atoms with van der Waals surface area (Å²) in [6, 6.07) is 26.7. The van der Waals surface area contributed by atoms with Crippen molar-refractivity contribution in [3.05, 3.63) is 149 Å². The highest BCUT2D eigenvalue weighted by molar-refractivity contribution is 5.95. The minimum Gasteiger partial charge on any atom is -0.497 e. The van der Waals surface area contributed by atoms with Crippen LogP contribution in [-0.2, 0) is 28.9 Å². The van der Waals surface area contributed by atoms with Crippen molar-refractivity contribution >= 4 is 22.9 Å². The number of ether oxygens (including phenoxy) is 4. The molecular weight excluding hydrogens is 709 g/mol. The predicted molar refractivity (Wildman–Crippen MR) is 209 cm³/mol. The molecule has 5 heterocycles. The first-order valence-electron chi connectivity index (χ1n) is 18.4. The average molecular weight is 747 g/mol. The first kappa shape index (κ1) is 34.6. The molecular formula is C43H38N8O5. The number of anilines is 1. The first-order chi connectivity index (χ1) is 27.5. The molecule has 1 aliphatic carbocycles. The van der Waals surface area contributed by atoms with E-state index in [0.717, 1.165) is 58.5 Å². The van der Waals surface area contributed by atoms with Gasteiger partial charge in [-0.25, -0.2) is 19.6 Å². The van der Waals surface area contributed by atoms with Crippen LogP contribution in [0.5, 0.6) is 11.5 Å². The topological polar surface area (TPSA) is 153 Å². The number of benzene rings is 3. The predicted octanol–water partition coefficient (Wildman–Crippen LogP) is 7.33. The number of carbonyl (C=O) groups excluding carboxylic acids is 1. The number of nitrogens with zero attached hydrogens (tertiary/aromatic N) is 6. The molecule has 1 aliphatic heterocycles. The number of imidazole rings is 1. The van der Waals surface area contributed by atoms with Gasteiger partial charge in [0.1, 0.15) is 42.0 Å². The van der Waals surface area contributed by atoms with E-state index in [1.807, 2.05) is 65.4 Å². The third-order valence-corrected chi connectivity index (χ3v) is 10.2. The lowest BCUT2D eigenvalue weighted by atomic mass is 10.0. The van der Waals surface area contributed by atoms with Crippen molar-refractivity contribution in [1.82, 2.24) is 34.6 Å². The molecule has 3 N–H and O–H groups in total. The van der Waals surface area contributed by atoms with Crippen molar-refractivity contribution in [2.75, 3.05) is 12.8 Å². The van der Waals surface area contributed by atoms with E-state index in [4.69, 9.17) is 34.6 Å². The number of pyridine rings is 2. The number of hydrogen-bond acceptors (Lipinski definition) is 10. The second-order valence-corrected chi connectivity index (χ2v) is 13.5. The molecule has 13 heteroatoms. The summed E-state index contributed by atoms with van der Waals surface area (Å²) in [6.45, 7) is 2.42. The van der Waals surface area contributed by atoms with Gasteiger partial charge in [0, 0.05) is 29.8 Å². The molecule has 0 fully saturated rings. The van der Waals surface area contributed by atoms with Gasteiger partial charge in [0.05, 0.1) is 24.3 Å². The van der Waals surface area contributed by atoms with Gasteiger partial charge in [-0.1, -0.05) is 25.1 Å². The molecule has 7 aromatic rings. The molecule has 0 spiro atoms. The van der Waals surface area contributed by atoms with Gasteiger partial charge in [0.2, 0.25) is 0 Å². The Morgan fingerprint density at radius 3 is 2.59 bits per heavy atom. The van der Waals surface area contributed by atoms with E-state index in [-0.39, 0.29) is 11.9 Å². The van der Waals surface area contributed by atoms with Crippen molar-refractivity contribution in [3.63, 3.8) is 0 Å². The number of amides is 1. The fourth-order valence-electron chi connectivity index (χ4n) is 7.33. The normalized spacial score (nSPS) is 14.7. The summed E-state index contributed by atoms with van der Waals surface area (Å²) in [5.41, 5.74) is 14.8. The summed E-state index contributed by atoms with van der Waals surface area (Å²) in [7, 11) is 1.63. The van der Waals surface area contributed by atoms with Gasteiger partial charge in [0.25, 0.3) is 12.2 Å². The monoisotopic (exact) mass is 746 g/mol. The zero-order valence-corrected chi connectivity index (χ0v) is 30.8. The summed E-state index contributed by atoms with van der Waals surface area (Å²) in [4.78, 5) is 28.4. The second-order valence-electron chi connectivity index (χ2n) is 13.5. The van der Waals surface area contributed by atoms with Crippen molar-refractivity contribution < 1.29 is 23.7 Å². The molecule has 0 saturated carbocycles. The maximum absolute atomic E-state index is 13.8. The van der Waals surface area contributed by atoms with E-state index in [0.29, 0.717) is 52.2 Å². The van der Waals surface area contributed by atoms with E-state index < -0.39 is 6.29 Å². The van der Waals surface area contributed by atoms with Gasteiger partial charge in [0.15, 0.2) is 17.3 Å². The van der Waals surface area contributed by atoms with Crippen molar-refractivity contribution in [2.45, 2.75) is 45.1 Å². The van der Waals surface area contributed by atoms with Crippen molar-refractivity contribution in [1.29, 1.82) is 0 Å². The number of carbonyl (C=O) groups is 1. The smallest absolute Gasteiger partial charge is 0.269 e. The van der Waals surface area contributed by atoms with Crippen molar-refractivity contribution in [2.24, 2.45) is 0 Å². The van der Waals surface area contributed by atoms with E-state index in [9.17, 15) is 4.79 Å². The molecule has 1 amide bonds. The minimum absolute atomic E-state index is 0.189. The van der Waals surface area contributed by atoms with Crippen LogP contribution in [-0.4, -0.2) is 42.3 Å². The van der Waals surface area contributed by atoms with Crippen LogP contribution in [0.1, 0.15) is 63.9 Å². The summed E-state index contributed by atoms with van der Waals surface area (Å²) >= 11 is 0. The van der Waals surface area contributed by atoms with E-state index in [1.165, 1.54) is 12.5 Å². The Morgan fingerprint density at radius 1 is 0.964 bits per heavy atom. The number of methoxy groups -OCH3 is 1. The number of nitrogens with one attached hydrogen (secondary N) is 1. The number of aryl methyl sites for hydroxylation is 2. The van der Waals surface area contributed by atoms with Crippen LogP contribution >= 0.6 is 0 Å². The third-order valence-electron chi connectivity index (χ3n) is 10.2. The Hall–Kier alpha value is -7.15. The molecule has 3 aromatic carbocycles. The Kier molecular flexibility index (Phi) is 9.02. The van der Waals surface area contributed by atoms with Crippen LogP contribution in [0.3, 0.4) is 0 Å². The van der Waals surface area contributed by atoms with Crippen LogP contribution < -0.4 is 20.5 Å². The number of hydrogen-bond donors (Lipinski definition) is 2. The van der Waals surface area contributed by atoms with Crippen LogP contribution in [0.25, 0.3) is 34.1 Å². The first-order valence-corrected chi connectivity index (χ1v) is 18.4. The van der Waals surface area contributed by atoms with Gasteiger partial charge in [-0.3, -0.25) is 9.36 Å². The minimum atomic E-state index is -0.732. The van der Waals surface area contributed by atoms with Crippen LogP contribution in [0.15, 0.2) is 116 Å². The molecule has 280 valence electrons. The fourth-order valence-corrected chi connectivity index (χ4v) is 7.33. The summed E-state index contributed by atoms with van der Waals surface area (Å²) in [5, 5.41) is 7.71. The quantitative estimate of drug-likeness (QED) is 0.138. The van der Waals surface area contributed by atoms with Gasteiger partial charge in [-0.05, 0) is 108 Å². The van der Waals surface area contributed by atoms with Gasteiger partial charge in [-0.2, -0.15) is 5.10 Å². The molecule has 4 aromatic heterocycles. The molecule has 1 atom stereocenters. The molecule has 0 bridgehead atoms. The summed E-state index contributed by atoms with van der Waals surface area (Å²) in [6.07, 6.45) is 9.76. The Balaban J connectivity index is 1.01. The number of aromatic nitrogens is 6. The highest BCUT2D eigenvalue weighted by atomic mass is 16.7. The largest absolute Gasteiger partial charge is 0.497 e. The van der Waals surface area contributed by atoms with E-state index in [2.05, 4.69) is 34.5 Å². The lowest BCUT2D eigenvalue weighted by Gasteiger charge is -2.19. The SMILES string of the molecule is CCc1cc(-n2cccn2)nc2c1nc(-c1cccnc1N)n2-c1ccc2c(c1)CC[C@@H]2NC(=O)c1ccc(OCc2ccc(OC)cc2)c(C2OC=CO2)c1. The molecule has 56 heavy (non-hydrogen) atoms. The third kappa shape index (κ3) is 6.42. The zero-order valence-electron chi connectivity index (χ0n) is 30.8. The lowest BCUT2D eigenvalue weighted by Crippen LogP contribution is -2.27. The van der Waals surface area contributed by atoms with E-state index >= 15 is 0 Å². The summed E-state index contributed by atoms with van der Waals surface area (Å²) in [5.74, 6) is 2.83. The Morgan fingerprint density at radius 2 is 1.82 bits per heavy atom. The summed E-state index contributed by atoms with van der Waals surface area (Å²) < 4.78 is 26.6. The van der Waals surface area contributed by atoms with Crippen LogP contribution in [0, 0.1) is 0 Å². The number of rotatable bonds is 11. The Bertz CT molecular complexity index is 2590. The Labute approximate surface area is 322 Å². The highest BCUT2D eigenvalue weighted by Gasteiger charge is 2.28. The molecule has 2 aliphatic rings. The standard InChI is InChI=1S/C43H38N8O5/c1-3-27-24-37(50-19-5-18-46-50)48-41-38(27)49-40(33-6-4-17-45-39(33)44)51(41)30-11-14-32-28(22-30)9-15-35(32)47-42(52)29-10-16-36(34(23-29)43-54-20-21-55-43)56-25-26-7-12-31(53-2)13-8-26/h4-8,10-14,16-24,35,43H,3,9,15,25H2,1-2H3,(H2,44,45)(H,47,52)/t35-/m0/s1. The molecule has 0 unspecified atom stereocenters. The van der Waals surface area contributed by atoms with Gasteiger partial charge in [-0.15, -0.1) is 0 Å². The molecule has 0 radical (unpaired) electrons. The molecule has 0 saturated heterocycles. The number of fused-ring (bicyclic) bond motifs is 2.